The van der Waals surface area contributed by atoms with Crippen LogP contribution in [-0.4, -0.2) is 57.1 Å². The molecule has 0 spiro atoms. The molecule has 3 aromatic rings. The third-order valence-corrected chi connectivity index (χ3v) is 6.47. The van der Waals surface area contributed by atoms with E-state index in [4.69, 9.17) is 9.47 Å². The van der Waals surface area contributed by atoms with Gasteiger partial charge < -0.3 is 24.6 Å². The summed E-state index contributed by atoms with van der Waals surface area (Å²) in [5.41, 5.74) is 2.91. The lowest BCUT2D eigenvalue weighted by Gasteiger charge is -2.36. The molecular formula is C26H26BrN3O4. The van der Waals surface area contributed by atoms with Crippen molar-refractivity contribution in [3.8, 4) is 11.5 Å². The van der Waals surface area contributed by atoms with Gasteiger partial charge in [-0.15, -0.1) is 0 Å². The van der Waals surface area contributed by atoms with Crippen molar-refractivity contribution in [1.82, 2.24) is 4.90 Å². The summed E-state index contributed by atoms with van der Waals surface area (Å²) in [6, 6.07) is 20.3. The van der Waals surface area contributed by atoms with Crippen LogP contribution in [0.15, 0.2) is 71.2 Å². The van der Waals surface area contributed by atoms with E-state index in [0.717, 1.165) is 28.9 Å². The molecule has 3 aromatic carbocycles. The highest BCUT2D eigenvalue weighted by Crippen LogP contribution is 2.25. The third kappa shape index (κ3) is 5.34. The van der Waals surface area contributed by atoms with Gasteiger partial charge in [0.05, 0.1) is 19.8 Å². The number of hydrogen-bond donors (Lipinski definition) is 1. The number of benzene rings is 3. The van der Waals surface area contributed by atoms with E-state index < -0.39 is 0 Å². The first-order valence-electron chi connectivity index (χ1n) is 10.9. The largest absolute Gasteiger partial charge is 0.497 e. The van der Waals surface area contributed by atoms with Crippen LogP contribution >= 0.6 is 15.9 Å². The van der Waals surface area contributed by atoms with Crippen molar-refractivity contribution in [3.05, 3.63) is 82.3 Å². The molecule has 8 heteroatoms. The van der Waals surface area contributed by atoms with Crippen molar-refractivity contribution >= 4 is 39.1 Å². The maximum Gasteiger partial charge on any atom is 0.256 e. The lowest BCUT2D eigenvalue weighted by atomic mass is 10.1. The molecule has 0 aromatic heterocycles. The predicted octanol–water partition coefficient (Wildman–Crippen LogP) is 4.68. The van der Waals surface area contributed by atoms with E-state index in [1.54, 1.807) is 38.5 Å². The fourth-order valence-corrected chi connectivity index (χ4v) is 4.35. The normalized spacial score (nSPS) is 13.4. The number of nitrogens with one attached hydrogen (secondary N) is 1. The highest BCUT2D eigenvalue weighted by Gasteiger charge is 2.23. The Kier molecular flexibility index (Phi) is 7.37. The summed E-state index contributed by atoms with van der Waals surface area (Å²) in [6.07, 6.45) is 0. The van der Waals surface area contributed by atoms with E-state index in [1.807, 2.05) is 47.4 Å². The van der Waals surface area contributed by atoms with Gasteiger partial charge in [-0.05, 0) is 64.5 Å². The highest BCUT2D eigenvalue weighted by molar-refractivity contribution is 9.10. The maximum atomic E-state index is 13.0. The minimum Gasteiger partial charge on any atom is -0.497 e. The summed E-state index contributed by atoms with van der Waals surface area (Å²) in [6.45, 7) is 2.66. The molecule has 0 bridgehead atoms. The lowest BCUT2D eigenvalue weighted by Crippen LogP contribution is -2.48. The van der Waals surface area contributed by atoms with Crippen LogP contribution in [0.5, 0.6) is 11.5 Å². The predicted molar refractivity (Wildman–Crippen MR) is 136 cm³/mol. The number of amides is 2. The monoisotopic (exact) mass is 523 g/mol. The first-order chi connectivity index (χ1) is 16.5. The molecule has 1 fully saturated rings. The van der Waals surface area contributed by atoms with Crippen molar-refractivity contribution in [3.63, 3.8) is 0 Å². The van der Waals surface area contributed by atoms with Crippen LogP contribution in [0, 0.1) is 0 Å². The van der Waals surface area contributed by atoms with Gasteiger partial charge in [0.2, 0.25) is 0 Å². The summed E-state index contributed by atoms with van der Waals surface area (Å²) in [5.74, 6) is 0.977. The Morgan fingerprint density at radius 2 is 1.47 bits per heavy atom. The van der Waals surface area contributed by atoms with Crippen LogP contribution in [-0.2, 0) is 0 Å². The topological polar surface area (TPSA) is 71.1 Å². The fraction of sp³-hybridized carbons (Fsp3) is 0.231. The molecule has 2 amide bonds. The Labute approximate surface area is 207 Å². The van der Waals surface area contributed by atoms with E-state index in [2.05, 4.69) is 26.1 Å². The maximum absolute atomic E-state index is 13.0. The number of carbonyl (C=O) groups is 2. The Morgan fingerprint density at radius 3 is 2.06 bits per heavy atom. The number of anilines is 2. The number of rotatable bonds is 6. The van der Waals surface area contributed by atoms with Crippen LogP contribution < -0.4 is 19.7 Å². The fourth-order valence-electron chi connectivity index (χ4n) is 3.88. The third-order valence-electron chi connectivity index (χ3n) is 5.77. The average molecular weight is 524 g/mol. The number of methoxy groups -OCH3 is 2. The zero-order chi connectivity index (χ0) is 24.1. The molecule has 176 valence electrons. The Bertz CT molecular complexity index is 1150. The first kappa shape index (κ1) is 23.6. The Hall–Kier alpha value is -3.52. The first-order valence-corrected chi connectivity index (χ1v) is 11.7. The van der Waals surface area contributed by atoms with Gasteiger partial charge in [0.25, 0.3) is 11.8 Å². The smallest absolute Gasteiger partial charge is 0.256 e. The van der Waals surface area contributed by atoms with Gasteiger partial charge in [-0.25, -0.2) is 0 Å². The molecule has 0 atom stereocenters. The number of halogens is 1. The van der Waals surface area contributed by atoms with Crippen LogP contribution in [0.2, 0.25) is 0 Å². The van der Waals surface area contributed by atoms with Gasteiger partial charge in [0.15, 0.2) is 0 Å². The van der Waals surface area contributed by atoms with E-state index in [9.17, 15) is 9.59 Å². The Balaban J connectivity index is 1.36. The molecule has 1 aliphatic rings. The zero-order valence-electron chi connectivity index (χ0n) is 19.1. The van der Waals surface area contributed by atoms with Gasteiger partial charge in [0.1, 0.15) is 11.5 Å². The molecule has 0 aliphatic carbocycles. The van der Waals surface area contributed by atoms with Crippen molar-refractivity contribution in [2.45, 2.75) is 0 Å². The summed E-state index contributed by atoms with van der Waals surface area (Å²) in [7, 11) is 3.14. The SMILES string of the molecule is COc1cc(OC)cc(C(=O)N2CCN(c3ccc(NC(=O)c4ccccc4Br)cc3)CC2)c1. The molecule has 0 radical (unpaired) electrons. The van der Waals surface area contributed by atoms with Gasteiger partial charge in [0, 0.05) is 53.7 Å². The molecular weight excluding hydrogens is 498 g/mol. The second-order valence-corrected chi connectivity index (χ2v) is 8.72. The number of ether oxygens (including phenoxy) is 2. The second kappa shape index (κ2) is 10.6. The van der Waals surface area contributed by atoms with Crippen molar-refractivity contribution < 1.29 is 19.1 Å². The molecule has 1 saturated heterocycles. The molecule has 0 saturated carbocycles. The molecule has 1 aliphatic heterocycles. The molecule has 4 rings (SSSR count). The minimum absolute atomic E-state index is 0.0398. The summed E-state index contributed by atoms with van der Waals surface area (Å²) < 4.78 is 11.3. The van der Waals surface area contributed by atoms with Crippen LogP contribution in [0.4, 0.5) is 11.4 Å². The summed E-state index contributed by atoms with van der Waals surface area (Å²) in [5, 5.41) is 2.93. The van der Waals surface area contributed by atoms with Crippen LogP contribution in [0.1, 0.15) is 20.7 Å². The van der Waals surface area contributed by atoms with E-state index in [0.29, 0.717) is 35.7 Å². The van der Waals surface area contributed by atoms with Gasteiger partial charge in [-0.2, -0.15) is 0 Å². The van der Waals surface area contributed by atoms with E-state index in [-0.39, 0.29) is 11.8 Å². The van der Waals surface area contributed by atoms with E-state index >= 15 is 0 Å². The number of hydrogen-bond acceptors (Lipinski definition) is 5. The van der Waals surface area contributed by atoms with Crippen LogP contribution in [0.25, 0.3) is 0 Å². The molecule has 0 unspecified atom stereocenters. The van der Waals surface area contributed by atoms with Crippen molar-refractivity contribution in [1.29, 1.82) is 0 Å². The van der Waals surface area contributed by atoms with Crippen molar-refractivity contribution in [2.24, 2.45) is 0 Å². The summed E-state index contributed by atoms with van der Waals surface area (Å²) >= 11 is 3.41. The quantitative estimate of drug-likeness (QED) is 0.507. The average Bonchev–Trinajstić information content (AvgIpc) is 2.88. The number of carbonyl (C=O) groups excluding carboxylic acids is 2. The lowest BCUT2D eigenvalue weighted by molar-refractivity contribution is 0.0746. The van der Waals surface area contributed by atoms with Crippen LogP contribution in [0.3, 0.4) is 0 Å². The molecule has 1 N–H and O–H groups in total. The second-order valence-electron chi connectivity index (χ2n) is 7.86. The number of piperazine rings is 1. The van der Waals surface area contributed by atoms with Gasteiger partial charge in [-0.1, -0.05) is 12.1 Å². The molecule has 1 heterocycles. The van der Waals surface area contributed by atoms with Gasteiger partial charge >= 0.3 is 0 Å². The minimum atomic E-state index is -0.165. The highest BCUT2D eigenvalue weighted by atomic mass is 79.9. The standard InChI is InChI=1S/C26H26BrN3O4/c1-33-21-15-18(16-22(17-21)34-2)26(32)30-13-11-29(12-14-30)20-9-7-19(8-10-20)28-25(31)23-5-3-4-6-24(23)27/h3-10,15-17H,11-14H2,1-2H3,(H,28,31). The summed E-state index contributed by atoms with van der Waals surface area (Å²) in [4.78, 5) is 29.6. The number of nitrogens with zero attached hydrogens (tertiary/aromatic N) is 2. The molecule has 7 nitrogen and oxygen atoms in total. The van der Waals surface area contributed by atoms with Gasteiger partial charge in [-0.3, -0.25) is 9.59 Å². The Morgan fingerprint density at radius 1 is 0.853 bits per heavy atom. The molecule has 34 heavy (non-hydrogen) atoms. The zero-order valence-corrected chi connectivity index (χ0v) is 20.7. The van der Waals surface area contributed by atoms with E-state index in [1.165, 1.54) is 0 Å². The van der Waals surface area contributed by atoms with Crippen molar-refractivity contribution in [2.75, 3.05) is 50.6 Å².